The van der Waals surface area contributed by atoms with Gasteiger partial charge < -0.3 is 9.80 Å². The van der Waals surface area contributed by atoms with E-state index in [0.29, 0.717) is 30.8 Å². The van der Waals surface area contributed by atoms with E-state index in [4.69, 9.17) is 0 Å². The van der Waals surface area contributed by atoms with Crippen LogP contribution in [0, 0.1) is 17.0 Å². The Morgan fingerprint density at radius 3 is 2.32 bits per heavy atom. The Bertz CT molecular complexity index is 745. The fourth-order valence-electron chi connectivity index (χ4n) is 2.60. The molecule has 2 aromatic rings. The minimum Gasteiger partial charge on any atom is -0.333 e. The molecule has 0 saturated heterocycles. The fraction of sp³-hybridized carbons (Fsp3) is 0.316. The van der Waals surface area contributed by atoms with E-state index in [2.05, 4.69) is 0 Å². The Morgan fingerprint density at radius 1 is 1.04 bits per heavy atom. The highest BCUT2D eigenvalue weighted by molar-refractivity contribution is 5.96. The number of likely N-dealkylation sites (N-methyl/N-ethyl adjacent to an activating group) is 1. The number of rotatable bonds is 7. The highest BCUT2D eigenvalue weighted by Gasteiger charge is 2.22. The van der Waals surface area contributed by atoms with E-state index >= 15 is 0 Å². The molecule has 6 heteroatoms. The second-order valence-corrected chi connectivity index (χ2v) is 6.22. The zero-order valence-electron chi connectivity index (χ0n) is 14.8. The Hall–Kier alpha value is -2.73. The van der Waals surface area contributed by atoms with Crippen LogP contribution in [0.15, 0.2) is 48.5 Å². The summed E-state index contributed by atoms with van der Waals surface area (Å²) in [5, 5.41) is 11.1. The number of nitrogens with zero attached hydrogens (tertiary/aromatic N) is 3. The molecule has 0 aliphatic carbocycles. The highest BCUT2D eigenvalue weighted by atomic mass is 16.6. The summed E-state index contributed by atoms with van der Waals surface area (Å²) < 4.78 is 0. The molecule has 0 heterocycles. The number of nitro groups is 1. The maximum Gasteiger partial charge on any atom is 0.273 e. The summed E-state index contributed by atoms with van der Waals surface area (Å²) in [5.74, 6) is -0.188. The molecule has 0 bridgehead atoms. The largest absolute Gasteiger partial charge is 0.333 e. The standard InChI is InChI=1S/C19H23N3O3/c1-15-17(10-7-11-18(15)22(24)25)19(23)21(13-12-20(2)3)14-16-8-5-4-6-9-16/h4-11H,12-14H2,1-3H3. The van der Waals surface area contributed by atoms with Gasteiger partial charge in [0.2, 0.25) is 0 Å². The molecule has 0 unspecified atom stereocenters. The van der Waals surface area contributed by atoms with E-state index < -0.39 is 4.92 Å². The molecule has 25 heavy (non-hydrogen) atoms. The summed E-state index contributed by atoms with van der Waals surface area (Å²) in [4.78, 5) is 27.5. The quantitative estimate of drug-likeness (QED) is 0.573. The van der Waals surface area contributed by atoms with Crippen LogP contribution < -0.4 is 0 Å². The van der Waals surface area contributed by atoms with Gasteiger partial charge in [-0.05, 0) is 32.6 Å². The minimum absolute atomic E-state index is 0.0295. The number of carbonyl (C=O) groups is 1. The summed E-state index contributed by atoms with van der Waals surface area (Å²) in [6, 6.07) is 14.4. The topological polar surface area (TPSA) is 66.7 Å². The number of benzene rings is 2. The average molecular weight is 341 g/mol. The van der Waals surface area contributed by atoms with Gasteiger partial charge in [-0.3, -0.25) is 14.9 Å². The molecule has 0 fully saturated rings. The van der Waals surface area contributed by atoms with Crippen LogP contribution in [0.4, 0.5) is 5.69 Å². The third kappa shape index (κ3) is 4.87. The van der Waals surface area contributed by atoms with Gasteiger partial charge in [0.1, 0.15) is 0 Å². The molecule has 0 aliphatic heterocycles. The van der Waals surface area contributed by atoms with Crippen molar-refractivity contribution in [1.29, 1.82) is 0 Å². The van der Waals surface area contributed by atoms with Gasteiger partial charge in [-0.25, -0.2) is 0 Å². The molecule has 0 aromatic heterocycles. The van der Waals surface area contributed by atoms with Crippen LogP contribution in [0.2, 0.25) is 0 Å². The van der Waals surface area contributed by atoms with E-state index in [0.717, 1.165) is 5.56 Å². The lowest BCUT2D eigenvalue weighted by molar-refractivity contribution is -0.385. The van der Waals surface area contributed by atoms with Gasteiger partial charge in [0.05, 0.1) is 4.92 Å². The molecule has 0 radical (unpaired) electrons. The van der Waals surface area contributed by atoms with Crippen molar-refractivity contribution >= 4 is 11.6 Å². The smallest absolute Gasteiger partial charge is 0.273 e. The predicted molar refractivity (Wildman–Crippen MR) is 97.6 cm³/mol. The van der Waals surface area contributed by atoms with Crippen molar-refractivity contribution in [2.75, 3.05) is 27.2 Å². The maximum absolute atomic E-state index is 13.0. The number of amides is 1. The lowest BCUT2D eigenvalue weighted by Crippen LogP contribution is -2.36. The van der Waals surface area contributed by atoms with E-state index in [1.165, 1.54) is 6.07 Å². The van der Waals surface area contributed by atoms with Gasteiger partial charge in [0.25, 0.3) is 11.6 Å². The van der Waals surface area contributed by atoms with Crippen molar-refractivity contribution in [3.8, 4) is 0 Å². The van der Waals surface area contributed by atoms with Crippen molar-refractivity contribution in [2.24, 2.45) is 0 Å². The molecule has 2 rings (SSSR count). The van der Waals surface area contributed by atoms with Crippen molar-refractivity contribution in [3.63, 3.8) is 0 Å². The summed E-state index contributed by atoms with van der Waals surface area (Å²) >= 11 is 0. The van der Waals surface area contributed by atoms with Crippen molar-refractivity contribution in [1.82, 2.24) is 9.80 Å². The molecule has 132 valence electrons. The Labute approximate surface area is 147 Å². The van der Waals surface area contributed by atoms with Gasteiger partial charge >= 0.3 is 0 Å². The molecule has 6 nitrogen and oxygen atoms in total. The molecular weight excluding hydrogens is 318 g/mol. The van der Waals surface area contributed by atoms with Crippen LogP contribution in [-0.2, 0) is 6.54 Å². The summed E-state index contributed by atoms with van der Waals surface area (Å²) in [6.07, 6.45) is 0. The Kier molecular flexibility index (Phi) is 6.25. The van der Waals surface area contributed by atoms with Crippen LogP contribution in [0.3, 0.4) is 0 Å². The normalized spacial score (nSPS) is 10.7. The first-order valence-electron chi connectivity index (χ1n) is 8.12. The molecule has 0 spiro atoms. The minimum atomic E-state index is -0.451. The van der Waals surface area contributed by atoms with E-state index in [-0.39, 0.29) is 11.6 Å². The number of hydrogen-bond donors (Lipinski definition) is 0. The Balaban J connectivity index is 2.31. The van der Waals surface area contributed by atoms with Gasteiger partial charge in [0, 0.05) is 36.8 Å². The van der Waals surface area contributed by atoms with Gasteiger partial charge in [0.15, 0.2) is 0 Å². The molecule has 1 amide bonds. The van der Waals surface area contributed by atoms with Crippen LogP contribution in [-0.4, -0.2) is 47.8 Å². The highest BCUT2D eigenvalue weighted by Crippen LogP contribution is 2.23. The van der Waals surface area contributed by atoms with Crippen LogP contribution >= 0.6 is 0 Å². The SMILES string of the molecule is Cc1c(C(=O)N(CCN(C)C)Cc2ccccc2)cccc1[N+](=O)[O-]. The lowest BCUT2D eigenvalue weighted by Gasteiger charge is -2.25. The van der Waals surface area contributed by atoms with Crippen LogP contribution in [0.25, 0.3) is 0 Å². The monoisotopic (exact) mass is 341 g/mol. The Morgan fingerprint density at radius 2 is 1.72 bits per heavy atom. The van der Waals surface area contributed by atoms with Crippen LogP contribution in [0.5, 0.6) is 0 Å². The van der Waals surface area contributed by atoms with Gasteiger partial charge in [-0.2, -0.15) is 0 Å². The first-order chi connectivity index (χ1) is 11.9. The van der Waals surface area contributed by atoms with Crippen molar-refractivity contribution in [2.45, 2.75) is 13.5 Å². The zero-order valence-corrected chi connectivity index (χ0v) is 14.8. The van der Waals surface area contributed by atoms with E-state index in [9.17, 15) is 14.9 Å². The third-order valence-electron chi connectivity index (χ3n) is 4.05. The second kappa shape index (κ2) is 8.39. The average Bonchev–Trinajstić information content (AvgIpc) is 2.58. The predicted octanol–water partition coefficient (Wildman–Crippen LogP) is 3.11. The molecule has 2 aromatic carbocycles. The number of hydrogen-bond acceptors (Lipinski definition) is 4. The summed E-state index contributed by atoms with van der Waals surface area (Å²) in [7, 11) is 3.90. The molecule has 0 saturated carbocycles. The maximum atomic E-state index is 13.0. The molecule has 0 aliphatic rings. The second-order valence-electron chi connectivity index (χ2n) is 6.22. The first kappa shape index (κ1) is 18.6. The first-order valence-corrected chi connectivity index (χ1v) is 8.12. The fourth-order valence-corrected chi connectivity index (χ4v) is 2.60. The van der Waals surface area contributed by atoms with Gasteiger partial charge in [-0.15, -0.1) is 0 Å². The molecular formula is C19H23N3O3. The van der Waals surface area contributed by atoms with Crippen molar-refractivity contribution in [3.05, 3.63) is 75.3 Å². The lowest BCUT2D eigenvalue weighted by atomic mass is 10.0. The summed E-state index contributed by atoms with van der Waals surface area (Å²) in [5.41, 5.74) is 1.78. The molecule has 0 N–H and O–H groups in total. The van der Waals surface area contributed by atoms with Gasteiger partial charge in [-0.1, -0.05) is 36.4 Å². The van der Waals surface area contributed by atoms with Crippen LogP contribution in [0.1, 0.15) is 21.5 Å². The number of nitro benzene ring substituents is 1. The molecule has 0 atom stereocenters. The zero-order chi connectivity index (χ0) is 18.4. The summed E-state index contributed by atoms with van der Waals surface area (Å²) in [6.45, 7) is 3.35. The number of carbonyl (C=O) groups excluding carboxylic acids is 1. The van der Waals surface area contributed by atoms with Crippen molar-refractivity contribution < 1.29 is 9.72 Å². The third-order valence-corrected chi connectivity index (χ3v) is 4.05. The van der Waals surface area contributed by atoms with E-state index in [1.54, 1.807) is 24.0 Å². The van der Waals surface area contributed by atoms with E-state index in [1.807, 2.05) is 49.3 Å².